The molecule has 0 aliphatic rings. The van der Waals surface area contributed by atoms with E-state index in [4.69, 9.17) is 5.73 Å². The molecule has 2 nitrogen and oxygen atoms in total. The van der Waals surface area contributed by atoms with Gasteiger partial charge in [0.15, 0.2) is 0 Å². The van der Waals surface area contributed by atoms with Gasteiger partial charge in [0, 0.05) is 11.6 Å². The minimum Gasteiger partial charge on any atom is -0.397 e. The molecule has 0 saturated heterocycles. The zero-order valence-electron chi connectivity index (χ0n) is 7.96. The molecule has 1 heterocycles. The van der Waals surface area contributed by atoms with Crippen molar-refractivity contribution in [2.24, 2.45) is 0 Å². The zero-order chi connectivity index (χ0) is 9.42. The number of hydrogen-bond acceptors (Lipinski definition) is 1. The zero-order valence-corrected chi connectivity index (χ0v) is 7.96. The second kappa shape index (κ2) is 2.80. The fraction of sp³-hybridized carbons (Fsp3) is 0.273. The van der Waals surface area contributed by atoms with E-state index in [-0.39, 0.29) is 0 Å². The summed E-state index contributed by atoms with van der Waals surface area (Å²) < 4.78 is 0. The van der Waals surface area contributed by atoms with Gasteiger partial charge in [-0.2, -0.15) is 0 Å². The molecule has 0 atom stereocenters. The average Bonchev–Trinajstić information content (AvgIpc) is 2.51. The number of nitrogens with two attached hydrogens (primary N) is 1. The maximum atomic E-state index is 5.91. The molecule has 0 spiro atoms. The summed E-state index contributed by atoms with van der Waals surface area (Å²) in [6, 6.07) is 6.29. The van der Waals surface area contributed by atoms with Crippen molar-refractivity contribution in [1.82, 2.24) is 4.98 Å². The largest absolute Gasteiger partial charge is 0.397 e. The van der Waals surface area contributed by atoms with Crippen molar-refractivity contribution in [3.63, 3.8) is 0 Å². The highest BCUT2D eigenvalue weighted by atomic mass is 14.7. The van der Waals surface area contributed by atoms with Crippen molar-refractivity contribution in [3.05, 3.63) is 30.0 Å². The van der Waals surface area contributed by atoms with Crippen LogP contribution in [0.15, 0.2) is 24.4 Å². The molecule has 0 aliphatic carbocycles. The molecule has 0 unspecified atom stereocenters. The van der Waals surface area contributed by atoms with Crippen molar-refractivity contribution >= 4 is 16.6 Å². The van der Waals surface area contributed by atoms with Gasteiger partial charge in [-0.25, -0.2) is 0 Å². The molecule has 3 N–H and O–H groups in total. The molecule has 0 saturated carbocycles. The van der Waals surface area contributed by atoms with Gasteiger partial charge in [0.2, 0.25) is 0 Å². The molecule has 0 amide bonds. The second-order valence-electron chi connectivity index (χ2n) is 3.71. The number of aromatic amines is 1. The van der Waals surface area contributed by atoms with E-state index in [2.05, 4.69) is 31.0 Å². The van der Waals surface area contributed by atoms with Crippen LogP contribution < -0.4 is 5.73 Å². The molecule has 0 aliphatic heterocycles. The van der Waals surface area contributed by atoms with Crippen molar-refractivity contribution in [2.45, 2.75) is 19.8 Å². The van der Waals surface area contributed by atoms with E-state index in [0.717, 1.165) is 11.2 Å². The summed E-state index contributed by atoms with van der Waals surface area (Å²) in [6.07, 6.45) is 1.92. The second-order valence-corrected chi connectivity index (χ2v) is 3.71. The van der Waals surface area contributed by atoms with E-state index >= 15 is 0 Å². The van der Waals surface area contributed by atoms with Crippen molar-refractivity contribution in [2.75, 3.05) is 5.73 Å². The van der Waals surface area contributed by atoms with Gasteiger partial charge in [-0.05, 0) is 29.7 Å². The lowest BCUT2D eigenvalue weighted by Gasteiger charge is -2.06. The van der Waals surface area contributed by atoms with Crippen LogP contribution >= 0.6 is 0 Å². The quantitative estimate of drug-likeness (QED) is 0.641. The number of nitrogens with one attached hydrogen (secondary N) is 1. The van der Waals surface area contributed by atoms with E-state index in [1.54, 1.807) is 0 Å². The first-order valence-corrected chi connectivity index (χ1v) is 4.55. The van der Waals surface area contributed by atoms with E-state index in [9.17, 15) is 0 Å². The van der Waals surface area contributed by atoms with Crippen LogP contribution in [-0.2, 0) is 0 Å². The van der Waals surface area contributed by atoms with Crippen LogP contribution in [0.4, 0.5) is 5.69 Å². The first kappa shape index (κ1) is 8.17. The summed E-state index contributed by atoms with van der Waals surface area (Å²) >= 11 is 0. The molecule has 0 radical (unpaired) electrons. The molecule has 0 bridgehead atoms. The van der Waals surface area contributed by atoms with Gasteiger partial charge in [0.25, 0.3) is 0 Å². The lowest BCUT2D eigenvalue weighted by molar-refractivity contribution is 0.869. The normalized spacial score (nSPS) is 11.3. The van der Waals surface area contributed by atoms with Crippen LogP contribution in [-0.4, -0.2) is 4.98 Å². The van der Waals surface area contributed by atoms with Gasteiger partial charge >= 0.3 is 0 Å². The maximum Gasteiger partial charge on any atom is 0.0687 e. The van der Waals surface area contributed by atoms with Gasteiger partial charge in [-0.15, -0.1) is 0 Å². The van der Waals surface area contributed by atoms with Crippen LogP contribution in [0.2, 0.25) is 0 Å². The standard InChI is InChI=1S/C11H14N2/c1-7(2)9-5-8-3-4-13-11(8)10(12)6-9/h3-7,13H,12H2,1-2H3. The maximum absolute atomic E-state index is 5.91. The lowest BCUT2D eigenvalue weighted by Crippen LogP contribution is -1.92. The SMILES string of the molecule is CC(C)c1cc(N)c2[nH]ccc2c1. The van der Waals surface area contributed by atoms with Gasteiger partial charge in [0.1, 0.15) is 0 Å². The Morgan fingerprint density at radius 2 is 2.08 bits per heavy atom. The number of rotatable bonds is 1. The lowest BCUT2D eigenvalue weighted by atomic mass is 10.0. The third-order valence-corrected chi connectivity index (χ3v) is 2.38. The number of aromatic nitrogens is 1. The first-order valence-electron chi connectivity index (χ1n) is 4.55. The summed E-state index contributed by atoms with van der Waals surface area (Å²) in [5.41, 5.74) is 9.09. The number of fused-ring (bicyclic) bond motifs is 1. The number of benzene rings is 1. The van der Waals surface area contributed by atoms with E-state index in [1.807, 2.05) is 12.3 Å². The Morgan fingerprint density at radius 3 is 2.77 bits per heavy atom. The molecule has 2 heteroatoms. The van der Waals surface area contributed by atoms with E-state index in [0.29, 0.717) is 5.92 Å². The summed E-state index contributed by atoms with van der Waals surface area (Å²) in [6.45, 7) is 4.35. The van der Waals surface area contributed by atoms with Crippen molar-refractivity contribution in [3.8, 4) is 0 Å². The fourth-order valence-corrected chi connectivity index (χ4v) is 1.56. The Kier molecular flexibility index (Phi) is 1.76. The van der Waals surface area contributed by atoms with Crippen LogP contribution in [0.25, 0.3) is 10.9 Å². The van der Waals surface area contributed by atoms with Gasteiger partial charge < -0.3 is 10.7 Å². The molecular formula is C11H14N2. The van der Waals surface area contributed by atoms with E-state index in [1.165, 1.54) is 10.9 Å². The minimum atomic E-state index is 0.529. The molecule has 1 aromatic heterocycles. The number of anilines is 1. The van der Waals surface area contributed by atoms with Crippen LogP contribution in [0.5, 0.6) is 0 Å². The monoisotopic (exact) mass is 174 g/mol. The Bertz CT molecular complexity index is 427. The first-order chi connectivity index (χ1) is 6.18. The fourth-order valence-electron chi connectivity index (χ4n) is 1.56. The van der Waals surface area contributed by atoms with E-state index < -0.39 is 0 Å². The van der Waals surface area contributed by atoms with Crippen molar-refractivity contribution in [1.29, 1.82) is 0 Å². The number of H-pyrrole nitrogens is 1. The molecule has 2 aromatic rings. The summed E-state index contributed by atoms with van der Waals surface area (Å²) in [5, 5.41) is 1.20. The van der Waals surface area contributed by atoms with Crippen molar-refractivity contribution < 1.29 is 0 Å². The van der Waals surface area contributed by atoms with Gasteiger partial charge in [-0.3, -0.25) is 0 Å². The average molecular weight is 174 g/mol. The Balaban J connectivity index is 2.70. The molecular weight excluding hydrogens is 160 g/mol. The highest BCUT2D eigenvalue weighted by molar-refractivity contribution is 5.90. The molecule has 0 fully saturated rings. The smallest absolute Gasteiger partial charge is 0.0687 e. The molecule has 2 rings (SSSR count). The van der Waals surface area contributed by atoms with Gasteiger partial charge in [0.05, 0.1) is 11.2 Å². The highest BCUT2D eigenvalue weighted by Gasteiger charge is 2.04. The molecule has 13 heavy (non-hydrogen) atoms. The Labute approximate surface area is 77.8 Å². The Morgan fingerprint density at radius 1 is 1.31 bits per heavy atom. The van der Waals surface area contributed by atoms with Crippen LogP contribution in [0.1, 0.15) is 25.3 Å². The highest BCUT2D eigenvalue weighted by Crippen LogP contribution is 2.25. The number of hydrogen-bond donors (Lipinski definition) is 2. The van der Waals surface area contributed by atoms with Gasteiger partial charge in [-0.1, -0.05) is 13.8 Å². The summed E-state index contributed by atoms with van der Waals surface area (Å²) in [7, 11) is 0. The molecule has 1 aromatic carbocycles. The summed E-state index contributed by atoms with van der Waals surface area (Å²) in [4.78, 5) is 3.13. The predicted octanol–water partition coefficient (Wildman–Crippen LogP) is 2.87. The molecule has 68 valence electrons. The Hall–Kier alpha value is -1.44. The van der Waals surface area contributed by atoms with Crippen LogP contribution in [0.3, 0.4) is 0 Å². The predicted molar refractivity (Wildman–Crippen MR) is 56.8 cm³/mol. The van der Waals surface area contributed by atoms with Crippen LogP contribution in [0, 0.1) is 0 Å². The topological polar surface area (TPSA) is 41.8 Å². The minimum absolute atomic E-state index is 0.529. The third-order valence-electron chi connectivity index (χ3n) is 2.38. The number of nitrogen functional groups attached to an aromatic ring is 1. The summed E-state index contributed by atoms with van der Waals surface area (Å²) in [5.74, 6) is 0.529. The third kappa shape index (κ3) is 1.28.